The van der Waals surface area contributed by atoms with E-state index in [4.69, 9.17) is 28.5 Å². The van der Waals surface area contributed by atoms with Crippen LogP contribution in [-0.2, 0) is 42.9 Å². The largest absolute Gasteiger partial charge is 0.465 e. The molecule has 0 aliphatic carbocycles. The van der Waals surface area contributed by atoms with Gasteiger partial charge in [0.15, 0.2) is 5.79 Å². The molecule has 0 saturated carbocycles. The van der Waals surface area contributed by atoms with Crippen molar-refractivity contribution in [2.45, 2.75) is 109 Å². The minimum Gasteiger partial charge on any atom is -0.465 e. The Balaban J connectivity index is 2.07. The number of esters is 3. The zero-order chi connectivity index (χ0) is 30.0. The molecule has 40 heavy (non-hydrogen) atoms. The Kier molecular flexibility index (Phi) is 12.4. The highest BCUT2D eigenvalue weighted by molar-refractivity contribution is 5.98. The maximum absolute atomic E-state index is 12.7. The number of hydroxylamine groups is 2. The van der Waals surface area contributed by atoms with Gasteiger partial charge in [-0.3, -0.25) is 9.63 Å². The van der Waals surface area contributed by atoms with E-state index in [-0.39, 0.29) is 25.8 Å². The predicted molar refractivity (Wildman–Crippen MR) is 149 cm³/mol. The molecule has 0 atom stereocenters. The van der Waals surface area contributed by atoms with Crippen LogP contribution in [-0.4, -0.2) is 79.0 Å². The van der Waals surface area contributed by atoms with E-state index in [1.165, 1.54) is 12.2 Å². The van der Waals surface area contributed by atoms with Crippen LogP contribution in [0.15, 0.2) is 25.3 Å². The lowest BCUT2D eigenvalue weighted by Gasteiger charge is -2.59. The molecule has 2 fully saturated rings. The van der Waals surface area contributed by atoms with E-state index in [0.29, 0.717) is 32.5 Å². The standard InChI is InChI=1S/C30H49NO9/c1-9-12-13-14-15-23(32)37-20-29(8)21-38-30(39-22-29)18-27(4,5)31(28(6,7)19-30)40-24(25(33)35-16-10-2)26(34)36-17-11-3/h10-11,24H,2-3,9,12-22H2,1,4-8H3. The van der Waals surface area contributed by atoms with Gasteiger partial charge in [0.1, 0.15) is 19.8 Å². The highest BCUT2D eigenvalue weighted by Gasteiger charge is 2.58. The molecule has 0 aromatic carbocycles. The first kappa shape index (κ1) is 33.9. The molecule has 2 aliphatic rings. The van der Waals surface area contributed by atoms with Crippen LogP contribution < -0.4 is 0 Å². The Bertz CT molecular complexity index is 846. The van der Waals surface area contributed by atoms with Crippen LogP contribution in [0, 0.1) is 5.41 Å². The van der Waals surface area contributed by atoms with Gasteiger partial charge < -0.3 is 23.7 Å². The summed E-state index contributed by atoms with van der Waals surface area (Å²) in [6.07, 6.45) is 6.49. The van der Waals surface area contributed by atoms with Gasteiger partial charge in [-0.25, -0.2) is 9.59 Å². The molecule has 2 aliphatic heterocycles. The fourth-order valence-corrected chi connectivity index (χ4v) is 5.36. The number of hydrogen-bond donors (Lipinski definition) is 0. The molecule has 0 N–H and O–H groups in total. The lowest BCUT2D eigenvalue weighted by Crippen LogP contribution is -2.69. The van der Waals surface area contributed by atoms with Gasteiger partial charge in [0.25, 0.3) is 6.10 Å². The van der Waals surface area contributed by atoms with Gasteiger partial charge in [-0.1, -0.05) is 58.4 Å². The van der Waals surface area contributed by atoms with E-state index >= 15 is 0 Å². The van der Waals surface area contributed by atoms with E-state index < -0.39 is 40.3 Å². The lowest BCUT2D eigenvalue weighted by molar-refractivity contribution is -0.386. The van der Waals surface area contributed by atoms with Crippen molar-refractivity contribution in [1.82, 2.24) is 5.06 Å². The fraction of sp³-hybridized carbons (Fsp3) is 0.767. The summed E-state index contributed by atoms with van der Waals surface area (Å²) < 4.78 is 28.6. The third-order valence-corrected chi connectivity index (χ3v) is 7.01. The van der Waals surface area contributed by atoms with Gasteiger partial charge in [0.2, 0.25) is 0 Å². The van der Waals surface area contributed by atoms with Crippen molar-refractivity contribution in [1.29, 1.82) is 0 Å². The predicted octanol–water partition coefficient (Wildman–Crippen LogP) is 4.66. The maximum atomic E-state index is 12.7. The first-order valence-corrected chi connectivity index (χ1v) is 14.2. The smallest absolute Gasteiger partial charge is 0.349 e. The molecule has 1 spiro atoms. The average Bonchev–Trinajstić information content (AvgIpc) is 2.88. The van der Waals surface area contributed by atoms with Gasteiger partial charge in [0.05, 0.1) is 13.2 Å². The van der Waals surface area contributed by atoms with Crippen molar-refractivity contribution in [3.05, 3.63) is 25.3 Å². The molecule has 10 heteroatoms. The second kappa shape index (κ2) is 14.6. The fourth-order valence-electron chi connectivity index (χ4n) is 5.36. The first-order valence-electron chi connectivity index (χ1n) is 14.2. The number of rotatable bonds is 15. The molecule has 0 aromatic heterocycles. The molecule has 0 bridgehead atoms. The summed E-state index contributed by atoms with van der Waals surface area (Å²) in [6.45, 7) is 19.7. The van der Waals surface area contributed by atoms with Gasteiger partial charge in [0, 0.05) is 35.8 Å². The second-order valence-electron chi connectivity index (χ2n) is 12.4. The first-order chi connectivity index (χ1) is 18.7. The van der Waals surface area contributed by atoms with E-state index in [9.17, 15) is 14.4 Å². The van der Waals surface area contributed by atoms with Crippen molar-refractivity contribution in [2.24, 2.45) is 5.41 Å². The van der Waals surface area contributed by atoms with Crippen molar-refractivity contribution in [2.75, 3.05) is 33.0 Å². The van der Waals surface area contributed by atoms with Crippen molar-refractivity contribution in [3.8, 4) is 0 Å². The summed E-state index contributed by atoms with van der Waals surface area (Å²) in [7, 11) is 0. The summed E-state index contributed by atoms with van der Waals surface area (Å²) in [5, 5.41) is 1.64. The molecular weight excluding hydrogens is 518 g/mol. The SMILES string of the molecule is C=CCOC(=O)C(ON1C(C)(C)CC2(CC1(C)C)OCC(C)(COC(=O)CCCCCC)CO2)C(=O)OCC=C. The van der Waals surface area contributed by atoms with Crippen LogP contribution in [0.25, 0.3) is 0 Å². The van der Waals surface area contributed by atoms with Crippen molar-refractivity contribution < 1.29 is 42.9 Å². The van der Waals surface area contributed by atoms with E-state index in [2.05, 4.69) is 20.1 Å². The number of hydrogen-bond acceptors (Lipinski definition) is 10. The Hall–Kier alpha value is -2.27. The van der Waals surface area contributed by atoms with Crippen molar-refractivity contribution in [3.63, 3.8) is 0 Å². The van der Waals surface area contributed by atoms with Crippen LogP contribution in [0.3, 0.4) is 0 Å². The molecule has 2 heterocycles. The van der Waals surface area contributed by atoms with Crippen LogP contribution in [0.5, 0.6) is 0 Å². The average molecular weight is 568 g/mol. The summed E-state index contributed by atoms with van der Waals surface area (Å²) >= 11 is 0. The molecule has 2 rings (SSSR count). The molecular formula is C30H49NO9. The maximum Gasteiger partial charge on any atom is 0.349 e. The lowest BCUT2D eigenvalue weighted by atomic mass is 9.77. The van der Waals surface area contributed by atoms with Gasteiger partial charge >= 0.3 is 17.9 Å². The van der Waals surface area contributed by atoms with Crippen molar-refractivity contribution >= 4 is 17.9 Å². The molecule has 10 nitrogen and oxygen atoms in total. The quantitative estimate of drug-likeness (QED) is 0.0911. The third-order valence-electron chi connectivity index (χ3n) is 7.01. The summed E-state index contributed by atoms with van der Waals surface area (Å²) in [5.74, 6) is -2.86. The second-order valence-corrected chi connectivity index (χ2v) is 12.4. The number of carbonyl (C=O) groups is 3. The highest BCUT2D eigenvalue weighted by atomic mass is 16.7. The monoisotopic (exact) mass is 567 g/mol. The zero-order valence-electron chi connectivity index (χ0n) is 25.3. The van der Waals surface area contributed by atoms with Gasteiger partial charge in [-0.15, -0.1) is 0 Å². The van der Waals surface area contributed by atoms with Gasteiger partial charge in [-0.05, 0) is 34.1 Å². The zero-order valence-corrected chi connectivity index (χ0v) is 25.3. The molecule has 0 aromatic rings. The van der Waals surface area contributed by atoms with Crippen LogP contribution in [0.4, 0.5) is 0 Å². The van der Waals surface area contributed by atoms with Gasteiger partial charge in [-0.2, -0.15) is 5.06 Å². The topological polar surface area (TPSA) is 110 Å². The molecule has 2 saturated heterocycles. The normalized spacial score (nSPS) is 21.0. The number of nitrogens with zero attached hydrogens (tertiary/aromatic N) is 1. The Morgan fingerprint density at radius 3 is 1.85 bits per heavy atom. The summed E-state index contributed by atoms with van der Waals surface area (Å²) in [4.78, 5) is 43.7. The minimum absolute atomic E-state index is 0.0715. The van der Waals surface area contributed by atoms with Crippen LogP contribution in [0.1, 0.15) is 86.5 Å². The van der Waals surface area contributed by atoms with E-state index in [0.717, 1.165) is 25.7 Å². The molecule has 0 amide bonds. The minimum atomic E-state index is -1.62. The molecule has 228 valence electrons. The Morgan fingerprint density at radius 1 is 0.850 bits per heavy atom. The highest BCUT2D eigenvalue weighted by Crippen LogP contribution is 2.49. The van der Waals surface area contributed by atoms with E-state index in [1.54, 1.807) is 5.06 Å². The van der Waals surface area contributed by atoms with Crippen LogP contribution >= 0.6 is 0 Å². The van der Waals surface area contributed by atoms with E-state index in [1.807, 2.05) is 34.6 Å². The number of unbranched alkanes of at least 4 members (excludes halogenated alkanes) is 3. The number of piperidine rings is 1. The number of ether oxygens (including phenoxy) is 5. The third kappa shape index (κ3) is 9.39. The summed E-state index contributed by atoms with van der Waals surface area (Å²) in [6, 6.07) is 0. The number of carbonyl (C=O) groups excluding carboxylic acids is 3. The molecule has 0 radical (unpaired) electrons. The van der Waals surface area contributed by atoms with Crippen LogP contribution in [0.2, 0.25) is 0 Å². The Morgan fingerprint density at radius 2 is 1.38 bits per heavy atom. The Labute approximate surface area is 239 Å². The summed E-state index contributed by atoms with van der Waals surface area (Å²) in [5.41, 5.74) is -1.92. The molecule has 0 unspecified atom stereocenters.